The maximum absolute atomic E-state index is 14.1. The number of nitrogens with one attached hydrogen (secondary N) is 1. The molecule has 1 N–H and O–H groups in total. The summed E-state index contributed by atoms with van der Waals surface area (Å²) in [5.41, 5.74) is -0.331. The predicted octanol–water partition coefficient (Wildman–Crippen LogP) is 4.61. The number of amides is 1. The van der Waals surface area contributed by atoms with Crippen LogP contribution in [0.3, 0.4) is 0 Å². The fourth-order valence-electron chi connectivity index (χ4n) is 2.97. The molecule has 2 aromatic carbocycles. The van der Waals surface area contributed by atoms with Gasteiger partial charge >= 0.3 is 0 Å². The third-order valence-electron chi connectivity index (χ3n) is 4.48. The molecule has 2 aromatic heterocycles. The number of halogens is 4. The van der Waals surface area contributed by atoms with Gasteiger partial charge in [0.05, 0.1) is 0 Å². The Hall–Kier alpha value is -4.52. The van der Waals surface area contributed by atoms with Crippen LogP contribution in [0.1, 0.15) is 16.1 Å². The zero-order valence-electron chi connectivity index (χ0n) is 16.0. The van der Waals surface area contributed by atoms with Crippen LogP contribution in [0.2, 0.25) is 0 Å². The quantitative estimate of drug-likeness (QED) is 0.473. The lowest BCUT2D eigenvalue weighted by Gasteiger charge is -2.07. The van der Waals surface area contributed by atoms with Crippen LogP contribution in [0.4, 0.5) is 23.4 Å². The molecule has 0 atom stereocenters. The molecule has 4 aromatic rings. The van der Waals surface area contributed by atoms with Gasteiger partial charge in [0.15, 0.2) is 5.69 Å². The van der Waals surface area contributed by atoms with Crippen LogP contribution in [0.5, 0.6) is 0 Å². The summed E-state index contributed by atoms with van der Waals surface area (Å²) in [5, 5.41) is 15.6. The van der Waals surface area contributed by atoms with Gasteiger partial charge in [-0.05, 0) is 36.4 Å². The molecule has 32 heavy (non-hydrogen) atoms. The molecule has 0 aliphatic carbocycles. The molecule has 158 valence electrons. The highest BCUT2D eigenvalue weighted by atomic mass is 19.1. The van der Waals surface area contributed by atoms with Crippen LogP contribution in [-0.4, -0.2) is 20.7 Å². The van der Waals surface area contributed by atoms with E-state index in [4.69, 9.17) is 0 Å². The zero-order valence-corrected chi connectivity index (χ0v) is 16.0. The summed E-state index contributed by atoms with van der Waals surface area (Å²) in [7, 11) is 0. The summed E-state index contributed by atoms with van der Waals surface area (Å²) in [5.74, 6) is -4.47. The maximum Gasteiger partial charge on any atom is 0.262 e. The second-order valence-corrected chi connectivity index (χ2v) is 6.53. The van der Waals surface area contributed by atoms with Gasteiger partial charge in [-0.15, -0.1) is 0 Å². The molecule has 1 amide bonds. The van der Waals surface area contributed by atoms with E-state index in [2.05, 4.69) is 15.4 Å². The number of nitriles is 1. The molecular formula is C22H11F4N5O. The number of benzene rings is 2. The molecule has 0 unspecified atom stereocenters. The van der Waals surface area contributed by atoms with E-state index >= 15 is 0 Å². The van der Waals surface area contributed by atoms with Gasteiger partial charge in [-0.1, -0.05) is 6.07 Å². The number of carbonyl (C=O) groups excluding carboxylic acids is 1. The predicted molar refractivity (Wildman–Crippen MR) is 106 cm³/mol. The van der Waals surface area contributed by atoms with Crippen molar-refractivity contribution < 1.29 is 22.4 Å². The number of aromatic nitrogens is 3. The van der Waals surface area contributed by atoms with Crippen LogP contribution >= 0.6 is 0 Å². The minimum Gasteiger partial charge on any atom is -0.306 e. The highest BCUT2D eigenvalue weighted by Crippen LogP contribution is 2.26. The first-order valence-corrected chi connectivity index (χ1v) is 9.04. The van der Waals surface area contributed by atoms with Crippen molar-refractivity contribution in [3.63, 3.8) is 0 Å². The normalized spacial score (nSPS) is 10.6. The highest BCUT2D eigenvalue weighted by molar-refractivity contribution is 6.04. The minimum atomic E-state index is -1.02. The first kappa shape index (κ1) is 20.7. The van der Waals surface area contributed by atoms with E-state index in [9.17, 15) is 27.6 Å². The molecule has 4 rings (SSSR count). The fourth-order valence-corrected chi connectivity index (χ4v) is 2.97. The monoisotopic (exact) mass is 437 g/mol. The summed E-state index contributed by atoms with van der Waals surface area (Å²) in [4.78, 5) is 16.2. The van der Waals surface area contributed by atoms with Gasteiger partial charge < -0.3 is 5.32 Å². The third kappa shape index (κ3) is 3.91. The van der Waals surface area contributed by atoms with Gasteiger partial charge in [-0.2, -0.15) is 10.4 Å². The van der Waals surface area contributed by atoms with Crippen LogP contribution in [0, 0.1) is 34.6 Å². The van der Waals surface area contributed by atoms with E-state index in [1.165, 1.54) is 24.5 Å². The van der Waals surface area contributed by atoms with E-state index in [1.54, 1.807) is 0 Å². The van der Waals surface area contributed by atoms with Gasteiger partial charge in [-0.25, -0.2) is 27.2 Å². The molecule has 6 nitrogen and oxygen atoms in total. The van der Waals surface area contributed by atoms with Gasteiger partial charge in [0.2, 0.25) is 0 Å². The van der Waals surface area contributed by atoms with Gasteiger partial charge in [0, 0.05) is 29.6 Å². The third-order valence-corrected chi connectivity index (χ3v) is 4.48. The smallest absolute Gasteiger partial charge is 0.262 e. The van der Waals surface area contributed by atoms with Crippen LogP contribution in [0.25, 0.3) is 16.8 Å². The average molecular weight is 437 g/mol. The highest BCUT2D eigenvalue weighted by Gasteiger charge is 2.18. The maximum atomic E-state index is 14.1. The molecule has 0 spiro atoms. The lowest BCUT2D eigenvalue weighted by atomic mass is 10.1. The van der Waals surface area contributed by atoms with E-state index in [1.807, 2.05) is 6.07 Å². The Bertz CT molecular complexity index is 1360. The number of carbonyl (C=O) groups is 1. The molecule has 0 fully saturated rings. The number of hydrogen-bond donors (Lipinski definition) is 1. The Balaban J connectivity index is 1.62. The number of rotatable bonds is 4. The summed E-state index contributed by atoms with van der Waals surface area (Å²) in [6, 6.07) is 10.6. The first-order valence-electron chi connectivity index (χ1n) is 9.04. The summed E-state index contributed by atoms with van der Waals surface area (Å²) >= 11 is 0. The lowest BCUT2D eigenvalue weighted by molar-refractivity contribution is 0.101. The van der Waals surface area contributed by atoms with Gasteiger partial charge in [0.25, 0.3) is 5.91 Å². The number of nitrogens with zero attached hydrogens (tertiary/aromatic N) is 4. The Morgan fingerprint density at radius 1 is 1.00 bits per heavy atom. The van der Waals surface area contributed by atoms with Crippen molar-refractivity contribution in [3.05, 3.63) is 95.5 Å². The molecule has 10 heteroatoms. The van der Waals surface area contributed by atoms with Crippen LogP contribution in [0.15, 0.2) is 60.9 Å². The topological polar surface area (TPSA) is 83.6 Å². The van der Waals surface area contributed by atoms with Crippen molar-refractivity contribution in [2.75, 3.05) is 5.32 Å². The minimum absolute atomic E-state index is 0.00322. The van der Waals surface area contributed by atoms with E-state index in [0.29, 0.717) is 5.56 Å². The summed E-state index contributed by atoms with van der Waals surface area (Å²) in [6.07, 6.45) is 2.62. The lowest BCUT2D eigenvalue weighted by Crippen LogP contribution is -2.16. The average Bonchev–Trinajstić information content (AvgIpc) is 3.20. The van der Waals surface area contributed by atoms with Crippen molar-refractivity contribution >= 4 is 11.7 Å². The zero-order chi connectivity index (χ0) is 22.8. The second-order valence-electron chi connectivity index (χ2n) is 6.53. The van der Waals surface area contributed by atoms with E-state index in [-0.39, 0.29) is 22.8 Å². The van der Waals surface area contributed by atoms with Gasteiger partial charge in [-0.3, -0.25) is 4.79 Å². The van der Waals surface area contributed by atoms with Crippen molar-refractivity contribution in [3.8, 4) is 22.9 Å². The largest absolute Gasteiger partial charge is 0.306 e. The van der Waals surface area contributed by atoms with Gasteiger partial charge in [0.1, 0.15) is 46.4 Å². The molecule has 0 aliphatic heterocycles. The molecule has 0 radical (unpaired) electrons. The van der Waals surface area contributed by atoms with E-state index in [0.717, 1.165) is 41.1 Å². The van der Waals surface area contributed by atoms with Crippen molar-refractivity contribution in [1.29, 1.82) is 5.26 Å². The molecule has 2 heterocycles. The van der Waals surface area contributed by atoms with Crippen molar-refractivity contribution in [2.24, 2.45) is 0 Å². The number of hydrogen-bond acceptors (Lipinski definition) is 4. The molecular weight excluding hydrogens is 426 g/mol. The van der Waals surface area contributed by atoms with Crippen molar-refractivity contribution in [2.45, 2.75) is 0 Å². The Kier molecular flexibility index (Phi) is 5.39. The molecule has 0 aliphatic rings. The first-order chi connectivity index (χ1) is 15.4. The fraction of sp³-hybridized carbons (Fsp3) is 0. The SMILES string of the molecule is N#Cc1nn(-c2cc(F)ccc2F)cc1-c1ccc(NC(=O)c2c(F)cccc2F)nc1. The molecule has 0 saturated carbocycles. The van der Waals surface area contributed by atoms with Crippen LogP contribution < -0.4 is 5.32 Å². The van der Waals surface area contributed by atoms with Crippen LogP contribution in [-0.2, 0) is 0 Å². The Labute approximate surface area is 178 Å². The summed E-state index contributed by atoms with van der Waals surface area (Å²) in [6.45, 7) is 0. The Morgan fingerprint density at radius 3 is 2.41 bits per heavy atom. The summed E-state index contributed by atoms with van der Waals surface area (Å²) < 4.78 is 56.1. The Morgan fingerprint density at radius 2 is 1.75 bits per heavy atom. The molecule has 0 bridgehead atoms. The number of pyridine rings is 1. The second kappa shape index (κ2) is 8.31. The number of anilines is 1. The van der Waals surface area contributed by atoms with E-state index < -0.39 is 34.7 Å². The van der Waals surface area contributed by atoms with Crippen molar-refractivity contribution in [1.82, 2.24) is 14.8 Å². The standard InChI is InChI=1S/C22H11F4N5O/c23-13-5-6-15(24)19(8-13)31-11-14(18(9-27)30-31)12-4-7-20(28-10-12)29-22(32)21-16(25)2-1-3-17(21)26/h1-8,10-11H,(H,28,29,32). The molecule has 0 saturated heterocycles.